The van der Waals surface area contributed by atoms with Gasteiger partial charge in [0, 0.05) is 11.3 Å². The summed E-state index contributed by atoms with van der Waals surface area (Å²) in [6.07, 6.45) is -6.14. The van der Waals surface area contributed by atoms with E-state index >= 15 is 0 Å². The molecule has 2 atom stereocenters. The average Bonchev–Trinajstić information content (AvgIpc) is 2.74. The Morgan fingerprint density at radius 3 is 2.28 bits per heavy atom. The summed E-state index contributed by atoms with van der Waals surface area (Å²) in [6.45, 7) is 9.33. The zero-order valence-corrected chi connectivity index (χ0v) is 16.9. The number of hydrazine groups is 1. The average molecular weight is 445 g/mol. The number of nitrogens with one attached hydrogen (secondary N) is 3. The molecule has 0 spiro atoms. The van der Waals surface area contributed by atoms with Crippen LogP contribution in [-0.2, 0) is 11.0 Å². The number of aliphatic hydroxyl groups is 1. The molecule has 8 nitrogen and oxygen atoms in total. The van der Waals surface area contributed by atoms with Gasteiger partial charge in [-0.15, -0.1) is 0 Å². The van der Waals surface area contributed by atoms with Gasteiger partial charge in [-0.2, -0.15) is 18.4 Å². The fraction of sp³-hybridized carbons (Fsp3) is 0.238. The lowest BCUT2D eigenvalue weighted by molar-refractivity contribution is -0.137. The van der Waals surface area contributed by atoms with Crippen LogP contribution in [0.15, 0.2) is 36.4 Å². The van der Waals surface area contributed by atoms with Crippen LogP contribution in [0.1, 0.15) is 34.0 Å². The van der Waals surface area contributed by atoms with Crippen molar-refractivity contribution in [3.05, 3.63) is 70.1 Å². The first kappa shape index (κ1) is 24.2. The number of alkyl halides is 3. The number of halogens is 3. The maximum absolute atomic E-state index is 13.4. The van der Waals surface area contributed by atoms with Crippen LogP contribution in [0.25, 0.3) is 4.85 Å². The number of aliphatic hydroxyl groups excluding tert-OH is 1. The molecule has 0 aliphatic carbocycles. The third-order valence-electron chi connectivity index (χ3n) is 4.50. The van der Waals surface area contributed by atoms with Crippen LogP contribution in [0.2, 0.25) is 0 Å². The Morgan fingerprint density at radius 2 is 1.78 bits per heavy atom. The van der Waals surface area contributed by atoms with Crippen LogP contribution in [0.4, 0.5) is 24.5 Å². The van der Waals surface area contributed by atoms with Crippen LogP contribution >= 0.6 is 0 Å². The lowest BCUT2D eigenvalue weighted by Gasteiger charge is -2.24. The normalized spacial score (nSPS) is 12.6. The van der Waals surface area contributed by atoms with Crippen LogP contribution in [-0.4, -0.2) is 29.1 Å². The molecule has 2 rings (SSSR count). The van der Waals surface area contributed by atoms with Gasteiger partial charge >= 0.3 is 6.18 Å². The molecule has 0 aliphatic heterocycles. The van der Waals surface area contributed by atoms with Gasteiger partial charge in [0.2, 0.25) is 0 Å². The van der Waals surface area contributed by atoms with Gasteiger partial charge in [0.1, 0.15) is 6.04 Å². The van der Waals surface area contributed by atoms with Crippen molar-refractivity contribution in [2.24, 2.45) is 0 Å². The van der Waals surface area contributed by atoms with Gasteiger partial charge < -0.3 is 10.4 Å². The number of rotatable bonds is 5. The van der Waals surface area contributed by atoms with E-state index in [1.807, 2.05) is 6.07 Å². The zero-order valence-electron chi connectivity index (χ0n) is 16.9. The number of carbonyl (C=O) groups excluding carboxylic acids is 2. The fourth-order valence-corrected chi connectivity index (χ4v) is 2.84. The Hall–Kier alpha value is -4.09. The highest BCUT2D eigenvalue weighted by molar-refractivity contribution is 5.96. The van der Waals surface area contributed by atoms with Crippen LogP contribution in [0.5, 0.6) is 0 Å². The third kappa shape index (κ3) is 5.53. The van der Waals surface area contributed by atoms with Gasteiger partial charge in [0.05, 0.1) is 29.9 Å². The van der Waals surface area contributed by atoms with E-state index in [0.29, 0.717) is 5.56 Å². The summed E-state index contributed by atoms with van der Waals surface area (Å²) >= 11 is 0. The Bertz CT molecular complexity index is 1100. The maximum atomic E-state index is 13.4. The predicted molar refractivity (Wildman–Crippen MR) is 108 cm³/mol. The second kappa shape index (κ2) is 9.81. The number of hydrogen-bond donors (Lipinski definition) is 4. The van der Waals surface area contributed by atoms with E-state index in [9.17, 15) is 27.9 Å². The molecule has 166 valence electrons. The molecule has 4 N–H and O–H groups in total. The molecule has 0 radical (unpaired) electrons. The molecule has 0 aliphatic rings. The molecular weight excluding hydrogens is 427 g/mol. The first-order valence-electron chi connectivity index (χ1n) is 9.12. The summed E-state index contributed by atoms with van der Waals surface area (Å²) in [4.78, 5) is 27.5. The van der Waals surface area contributed by atoms with E-state index < -0.39 is 41.4 Å². The number of hydrogen-bond acceptors (Lipinski definition) is 5. The molecule has 0 aromatic heterocycles. The van der Waals surface area contributed by atoms with Crippen molar-refractivity contribution in [2.45, 2.75) is 32.2 Å². The van der Waals surface area contributed by atoms with Crippen molar-refractivity contribution < 1.29 is 27.9 Å². The minimum atomic E-state index is -4.79. The quantitative estimate of drug-likeness (QED) is 0.417. The zero-order chi connectivity index (χ0) is 24.1. The van der Waals surface area contributed by atoms with E-state index in [-0.39, 0.29) is 16.8 Å². The number of carbonyl (C=O) groups is 2. The Morgan fingerprint density at radius 1 is 1.16 bits per heavy atom. The van der Waals surface area contributed by atoms with E-state index in [1.54, 1.807) is 0 Å². The first-order chi connectivity index (χ1) is 15.0. The number of nitriles is 1. The molecule has 0 saturated carbocycles. The predicted octanol–water partition coefficient (Wildman–Crippen LogP) is 3.06. The van der Waals surface area contributed by atoms with Gasteiger partial charge in [-0.1, -0.05) is 6.07 Å². The number of amides is 2. The van der Waals surface area contributed by atoms with E-state index in [1.165, 1.54) is 37.3 Å². The van der Waals surface area contributed by atoms with Gasteiger partial charge in [-0.25, -0.2) is 4.85 Å². The van der Waals surface area contributed by atoms with Crippen molar-refractivity contribution in [3.63, 3.8) is 0 Å². The summed E-state index contributed by atoms with van der Waals surface area (Å²) in [5, 5.41) is 21.3. The number of benzene rings is 2. The topological polar surface area (TPSA) is 119 Å². The van der Waals surface area contributed by atoms with Gasteiger partial charge in [-0.3, -0.25) is 20.4 Å². The standard InChI is InChI=1S/C21H18F3N5O3/c1-11-15(8-9-16(26-3)17(11)21(22,23)24)27-18(12(2)30)20(32)29-28-19(31)14-6-4-13(10-25)5-7-14/h4-9,12,18,27,30H,1-2H3,(H,28,31)(H,29,32)/t12-,18+/m0/s1. The number of nitrogens with zero attached hydrogens (tertiary/aromatic N) is 2. The van der Waals surface area contributed by atoms with Crippen molar-refractivity contribution in [1.82, 2.24) is 10.9 Å². The molecule has 0 heterocycles. The van der Waals surface area contributed by atoms with Crippen molar-refractivity contribution in [3.8, 4) is 6.07 Å². The largest absolute Gasteiger partial charge is 0.407 e. The molecule has 2 aromatic carbocycles. The minimum Gasteiger partial charge on any atom is -0.391 e. The minimum absolute atomic E-state index is 0.107. The number of anilines is 1. The summed E-state index contributed by atoms with van der Waals surface area (Å²) in [5.41, 5.74) is 2.56. The smallest absolute Gasteiger partial charge is 0.391 e. The van der Waals surface area contributed by atoms with E-state index in [4.69, 9.17) is 11.8 Å². The first-order valence-corrected chi connectivity index (χ1v) is 9.12. The summed E-state index contributed by atoms with van der Waals surface area (Å²) in [6, 6.07) is 8.19. The Labute approximate surface area is 181 Å². The molecule has 11 heteroatoms. The summed E-state index contributed by atoms with van der Waals surface area (Å²) in [5.74, 6) is -1.62. The molecular formula is C21H18F3N5O3. The second-order valence-corrected chi connectivity index (χ2v) is 6.74. The molecule has 0 saturated heterocycles. The van der Waals surface area contributed by atoms with E-state index in [2.05, 4.69) is 21.0 Å². The monoisotopic (exact) mass is 445 g/mol. The molecule has 2 aromatic rings. The summed E-state index contributed by atoms with van der Waals surface area (Å²) < 4.78 is 40.2. The molecule has 0 unspecified atom stereocenters. The SMILES string of the molecule is [C-]#[N+]c1ccc(N[C@@H](C(=O)NNC(=O)c2ccc(C#N)cc2)[C@H](C)O)c(C)c1C(F)(F)F. The second-order valence-electron chi connectivity index (χ2n) is 6.74. The van der Waals surface area contributed by atoms with Crippen molar-refractivity contribution in [1.29, 1.82) is 5.26 Å². The lowest BCUT2D eigenvalue weighted by Crippen LogP contribution is -2.52. The van der Waals surface area contributed by atoms with Crippen LogP contribution < -0.4 is 16.2 Å². The van der Waals surface area contributed by atoms with Crippen LogP contribution in [0, 0.1) is 24.8 Å². The fourth-order valence-electron chi connectivity index (χ4n) is 2.84. The van der Waals surface area contributed by atoms with Gasteiger partial charge in [-0.05, 0) is 49.7 Å². The third-order valence-corrected chi connectivity index (χ3v) is 4.50. The molecule has 0 bridgehead atoms. The van der Waals surface area contributed by atoms with Crippen molar-refractivity contribution >= 4 is 23.2 Å². The Balaban J connectivity index is 2.18. The Kier molecular flexibility index (Phi) is 7.41. The molecule has 0 fully saturated rings. The van der Waals surface area contributed by atoms with E-state index in [0.717, 1.165) is 13.0 Å². The van der Waals surface area contributed by atoms with Gasteiger partial charge in [0.15, 0.2) is 5.69 Å². The van der Waals surface area contributed by atoms with Crippen LogP contribution in [0.3, 0.4) is 0 Å². The summed E-state index contributed by atoms with van der Waals surface area (Å²) in [7, 11) is 0. The highest BCUT2D eigenvalue weighted by Gasteiger charge is 2.36. The lowest BCUT2D eigenvalue weighted by atomic mass is 10.0. The maximum Gasteiger partial charge on any atom is 0.407 e. The molecule has 32 heavy (non-hydrogen) atoms. The van der Waals surface area contributed by atoms with Crippen molar-refractivity contribution in [2.75, 3.05) is 5.32 Å². The highest BCUT2D eigenvalue weighted by atomic mass is 19.4. The van der Waals surface area contributed by atoms with Gasteiger partial charge in [0.25, 0.3) is 11.8 Å². The highest BCUT2D eigenvalue weighted by Crippen LogP contribution is 2.41. The molecule has 2 amide bonds.